The predicted octanol–water partition coefficient (Wildman–Crippen LogP) is 1.80. The van der Waals surface area contributed by atoms with Gasteiger partial charge in [-0.15, -0.1) is 0 Å². The number of benzene rings is 1. The summed E-state index contributed by atoms with van der Waals surface area (Å²) in [5, 5.41) is 0. The van der Waals surface area contributed by atoms with Crippen LogP contribution in [0.5, 0.6) is 0 Å². The molecule has 0 saturated heterocycles. The molecular formula is C10H9FN2O. The van der Waals surface area contributed by atoms with E-state index in [1.165, 1.54) is 6.07 Å². The number of para-hydroxylation sites is 1. The first kappa shape index (κ1) is 7.79. The summed E-state index contributed by atoms with van der Waals surface area (Å²) in [6.45, 7) is 0. The average Bonchev–Trinajstić information content (AvgIpc) is 2.91. The number of nitrogens with zero attached hydrogens (tertiary/aromatic N) is 1. The highest BCUT2D eigenvalue weighted by Gasteiger charge is 2.27. The molecule has 72 valence electrons. The number of aromatic amines is 1. The molecule has 1 aliphatic rings. The summed E-state index contributed by atoms with van der Waals surface area (Å²) in [5.41, 5.74) is 0.800. The summed E-state index contributed by atoms with van der Waals surface area (Å²) in [6, 6.07) is 5.03. The van der Waals surface area contributed by atoms with E-state index in [0.717, 1.165) is 12.8 Å². The molecule has 1 aromatic carbocycles. The maximum absolute atomic E-state index is 13.3. The SMILES string of the molecule is O=c1[nH]c2c(F)cccc2n1C1CC1. The molecule has 0 amide bonds. The molecule has 1 heterocycles. The minimum Gasteiger partial charge on any atom is -0.303 e. The Morgan fingerprint density at radius 2 is 2.21 bits per heavy atom. The number of nitrogens with one attached hydrogen (secondary N) is 1. The molecule has 1 saturated carbocycles. The molecule has 0 radical (unpaired) electrons. The molecule has 0 spiro atoms. The van der Waals surface area contributed by atoms with Crippen molar-refractivity contribution in [1.82, 2.24) is 9.55 Å². The van der Waals surface area contributed by atoms with Gasteiger partial charge in [0, 0.05) is 6.04 Å². The van der Waals surface area contributed by atoms with Gasteiger partial charge in [0.1, 0.15) is 11.3 Å². The van der Waals surface area contributed by atoms with Crippen LogP contribution in [0.3, 0.4) is 0 Å². The van der Waals surface area contributed by atoms with Crippen molar-refractivity contribution in [2.45, 2.75) is 18.9 Å². The number of hydrogen-bond acceptors (Lipinski definition) is 1. The number of H-pyrrole nitrogens is 1. The third kappa shape index (κ3) is 0.937. The van der Waals surface area contributed by atoms with Crippen molar-refractivity contribution in [3.63, 3.8) is 0 Å². The highest BCUT2D eigenvalue weighted by Crippen LogP contribution is 2.35. The van der Waals surface area contributed by atoms with Gasteiger partial charge < -0.3 is 4.98 Å². The Balaban J connectivity index is 2.43. The van der Waals surface area contributed by atoms with E-state index >= 15 is 0 Å². The lowest BCUT2D eigenvalue weighted by Gasteiger charge is -1.98. The van der Waals surface area contributed by atoms with Gasteiger partial charge in [0.25, 0.3) is 0 Å². The number of hydrogen-bond donors (Lipinski definition) is 1. The first-order valence-electron chi connectivity index (χ1n) is 4.66. The summed E-state index contributed by atoms with van der Waals surface area (Å²) in [5.74, 6) is -0.362. The molecule has 14 heavy (non-hydrogen) atoms. The van der Waals surface area contributed by atoms with Gasteiger partial charge in [-0.1, -0.05) is 6.07 Å². The monoisotopic (exact) mass is 192 g/mol. The van der Waals surface area contributed by atoms with Crippen molar-refractivity contribution in [3.05, 3.63) is 34.5 Å². The Morgan fingerprint density at radius 3 is 2.93 bits per heavy atom. The zero-order valence-corrected chi connectivity index (χ0v) is 7.46. The van der Waals surface area contributed by atoms with Crippen LogP contribution < -0.4 is 5.69 Å². The molecule has 1 fully saturated rings. The molecule has 2 aromatic rings. The van der Waals surface area contributed by atoms with E-state index in [4.69, 9.17) is 0 Å². The van der Waals surface area contributed by atoms with Crippen LogP contribution in [0.15, 0.2) is 23.0 Å². The second-order valence-electron chi connectivity index (χ2n) is 3.67. The molecule has 0 unspecified atom stereocenters. The Bertz CT molecular complexity index is 551. The highest BCUT2D eigenvalue weighted by molar-refractivity contribution is 5.76. The van der Waals surface area contributed by atoms with Gasteiger partial charge >= 0.3 is 5.69 Å². The summed E-state index contributed by atoms with van der Waals surface area (Å²) in [4.78, 5) is 14.1. The summed E-state index contributed by atoms with van der Waals surface area (Å²) in [6.07, 6.45) is 2.03. The average molecular weight is 192 g/mol. The minimum atomic E-state index is -0.362. The Hall–Kier alpha value is -1.58. The van der Waals surface area contributed by atoms with E-state index < -0.39 is 0 Å². The van der Waals surface area contributed by atoms with Gasteiger partial charge in [-0.3, -0.25) is 4.57 Å². The zero-order chi connectivity index (χ0) is 9.71. The van der Waals surface area contributed by atoms with Crippen molar-refractivity contribution in [3.8, 4) is 0 Å². The fourth-order valence-electron chi connectivity index (χ4n) is 1.81. The van der Waals surface area contributed by atoms with E-state index in [1.807, 2.05) is 0 Å². The van der Waals surface area contributed by atoms with Crippen LogP contribution in [-0.2, 0) is 0 Å². The van der Waals surface area contributed by atoms with Gasteiger partial charge in [0.2, 0.25) is 0 Å². The highest BCUT2D eigenvalue weighted by atomic mass is 19.1. The molecule has 1 N–H and O–H groups in total. The molecular weight excluding hydrogens is 183 g/mol. The fourth-order valence-corrected chi connectivity index (χ4v) is 1.81. The van der Waals surface area contributed by atoms with Crippen LogP contribution in [0.1, 0.15) is 18.9 Å². The van der Waals surface area contributed by atoms with Crippen molar-refractivity contribution in [2.75, 3.05) is 0 Å². The lowest BCUT2D eigenvalue weighted by atomic mass is 10.3. The first-order chi connectivity index (χ1) is 6.77. The Kier molecular flexibility index (Phi) is 1.37. The third-order valence-electron chi connectivity index (χ3n) is 2.61. The lowest BCUT2D eigenvalue weighted by molar-refractivity contribution is 0.637. The maximum atomic E-state index is 13.3. The van der Waals surface area contributed by atoms with Crippen LogP contribution in [0.2, 0.25) is 0 Å². The van der Waals surface area contributed by atoms with Crippen LogP contribution in [0, 0.1) is 5.82 Å². The Labute approximate surface area is 79.2 Å². The minimum absolute atomic E-state index is 0.201. The van der Waals surface area contributed by atoms with Crippen molar-refractivity contribution in [2.24, 2.45) is 0 Å². The maximum Gasteiger partial charge on any atom is 0.326 e. The second-order valence-corrected chi connectivity index (χ2v) is 3.67. The van der Waals surface area contributed by atoms with E-state index in [-0.39, 0.29) is 17.5 Å². The Morgan fingerprint density at radius 1 is 1.43 bits per heavy atom. The van der Waals surface area contributed by atoms with Crippen LogP contribution in [0.25, 0.3) is 11.0 Å². The number of halogens is 1. The normalized spacial score (nSPS) is 16.4. The molecule has 3 rings (SSSR count). The molecule has 0 bridgehead atoms. The molecule has 0 aliphatic heterocycles. The van der Waals surface area contributed by atoms with Crippen LogP contribution in [-0.4, -0.2) is 9.55 Å². The summed E-state index contributed by atoms with van der Waals surface area (Å²) < 4.78 is 14.9. The number of fused-ring (bicyclic) bond motifs is 1. The van der Waals surface area contributed by atoms with Crippen LogP contribution >= 0.6 is 0 Å². The largest absolute Gasteiger partial charge is 0.326 e. The van der Waals surface area contributed by atoms with Crippen LogP contribution in [0.4, 0.5) is 4.39 Å². The van der Waals surface area contributed by atoms with Gasteiger partial charge in [-0.05, 0) is 25.0 Å². The number of imidazole rings is 1. The smallest absolute Gasteiger partial charge is 0.303 e. The number of rotatable bonds is 1. The van der Waals surface area contributed by atoms with E-state index in [1.54, 1.807) is 16.7 Å². The summed E-state index contributed by atoms with van der Waals surface area (Å²) >= 11 is 0. The van der Waals surface area contributed by atoms with Gasteiger partial charge in [-0.25, -0.2) is 9.18 Å². The van der Waals surface area contributed by atoms with E-state index in [2.05, 4.69) is 4.98 Å². The molecule has 3 nitrogen and oxygen atoms in total. The fraction of sp³-hybridized carbons (Fsp3) is 0.300. The standard InChI is InChI=1S/C10H9FN2O/c11-7-2-1-3-8-9(7)12-10(14)13(8)6-4-5-6/h1-3,6H,4-5H2,(H,12,14). The zero-order valence-electron chi connectivity index (χ0n) is 7.46. The van der Waals surface area contributed by atoms with Gasteiger partial charge in [0.15, 0.2) is 0 Å². The third-order valence-corrected chi connectivity index (χ3v) is 2.61. The van der Waals surface area contributed by atoms with Gasteiger partial charge in [-0.2, -0.15) is 0 Å². The predicted molar refractivity (Wildman–Crippen MR) is 50.8 cm³/mol. The number of aromatic nitrogens is 2. The molecule has 1 aromatic heterocycles. The van der Waals surface area contributed by atoms with Crippen molar-refractivity contribution >= 4 is 11.0 Å². The van der Waals surface area contributed by atoms with E-state index in [9.17, 15) is 9.18 Å². The second kappa shape index (κ2) is 2.47. The van der Waals surface area contributed by atoms with Gasteiger partial charge in [0.05, 0.1) is 5.52 Å². The lowest BCUT2D eigenvalue weighted by Crippen LogP contribution is -2.14. The summed E-state index contributed by atoms with van der Waals surface area (Å²) in [7, 11) is 0. The first-order valence-corrected chi connectivity index (χ1v) is 4.66. The molecule has 4 heteroatoms. The quantitative estimate of drug-likeness (QED) is 0.735. The van der Waals surface area contributed by atoms with Crippen molar-refractivity contribution in [1.29, 1.82) is 0 Å². The molecule has 0 atom stereocenters. The van der Waals surface area contributed by atoms with E-state index in [0.29, 0.717) is 11.0 Å². The van der Waals surface area contributed by atoms with Crippen molar-refractivity contribution < 1.29 is 4.39 Å². The topological polar surface area (TPSA) is 37.8 Å². The molecule has 1 aliphatic carbocycles.